The number of hydrogen-bond donors (Lipinski definition) is 2. The van der Waals surface area contributed by atoms with Gasteiger partial charge in [-0.1, -0.05) is 17.7 Å². The monoisotopic (exact) mass is 291 g/mol. The van der Waals surface area contributed by atoms with E-state index in [-0.39, 0.29) is 19.0 Å². The Balaban J connectivity index is 2.41. The second-order valence-electron chi connectivity index (χ2n) is 4.92. The van der Waals surface area contributed by atoms with Crippen molar-refractivity contribution in [2.45, 2.75) is 13.1 Å². The van der Waals surface area contributed by atoms with Crippen molar-refractivity contribution in [1.29, 1.82) is 0 Å². The summed E-state index contributed by atoms with van der Waals surface area (Å²) in [4.78, 5) is 36.2. The van der Waals surface area contributed by atoms with E-state index in [4.69, 9.17) is 10.5 Å². The zero-order valence-electron chi connectivity index (χ0n) is 11.9. The number of hydrogen-bond acceptors (Lipinski definition) is 5. The summed E-state index contributed by atoms with van der Waals surface area (Å²) in [6.45, 7) is 1.84. The van der Waals surface area contributed by atoms with E-state index in [1.807, 2.05) is 13.0 Å². The van der Waals surface area contributed by atoms with Crippen LogP contribution < -0.4 is 11.1 Å². The summed E-state index contributed by atoms with van der Waals surface area (Å²) in [6, 6.07) is 5.26. The van der Waals surface area contributed by atoms with Crippen molar-refractivity contribution in [3.8, 4) is 0 Å². The highest BCUT2D eigenvalue weighted by Crippen LogP contribution is 2.26. The van der Waals surface area contributed by atoms with E-state index in [2.05, 4.69) is 5.32 Å². The number of primary amides is 1. The fourth-order valence-electron chi connectivity index (χ4n) is 2.38. The first-order valence-corrected chi connectivity index (χ1v) is 6.43. The summed E-state index contributed by atoms with van der Waals surface area (Å²) >= 11 is 0. The molecule has 0 bridgehead atoms. The van der Waals surface area contributed by atoms with Crippen LogP contribution in [0.2, 0.25) is 0 Å². The molecular weight excluding hydrogens is 274 g/mol. The lowest BCUT2D eigenvalue weighted by atomic mass is 10.0. The van der Waals surface area contributed by atoms with Crippen LogP contribution in [0.5, 0.6) is 0 Å². The van der Waals surface area contributed by atoms with Gasteiger partial charge in [0, 0.05) is 5.56 Å². The quantitative estimate of drug-likeness (QED) is 0.741. The van der Waals surface area contributed by atoms with Crippen molar-refractivity contribution in [3.05, 3.63) is 34.9 Å². The Bertz CT molecular complexity index is 600. The topological polar surface area (TPSA) is 102 Å². The molecule has 2 rings (SSSR count). The lowest BCUT2D eigenvalue weighted by Crippen LogP contribution is -2.36. The van der Waals surface area contributed by atoms with E-state index in [1.54, 1.807) is 17.0 Å². The highest BCUT2D eigenvalue weighted by Gasteiger charge is 2.34. The van der Waals surface area contributed by atoms with Crippen LogP contribution in [-0.4, -0.2) is 42.9 Å². The summed E-state index contributed by atoms with van der Waals surface area (Å²) in [7, 11) is 1.29. The van der Waals surface area contributed by atoms with Gasteiger partial charge in [0.05, 0.1) is 25.8 Å². The Morgan fingerprint density at radius 1 is 1.48 bits per heavy atom. The number of rotatable bonds is 4. The van der Waals surface area contributed by atoms with Gasteiger partial charge in [-0.25, -0.2) is 4.79 Å². The highest BCUT2D eigenvalue weighted by molar-refractivity contribution is 5.92. The van der Waals surface area contributed by atoms with Crippen LogP contribution in [0.4, 0.5) is 0 Å². The molecule has 7 nitrogen and oxygen atoms in total. The Hall–Kier alpha value is -2.41. The van der Waals surface area contributed by atoms with E-state index >= 15 is 0 Å². The lowest BCUT2D eigenvalue weighted by molar-refractivity contribution is -0.119. The summed E-state index contributed by atoms with van der Waals surface area (Å²) < 4.78 is 4.77. The highest BCUT2D eigenvalue weighted by atomic mass is 16.5. The van der Waals surface area contributed by atoms with Crippen LogP contribution in [0.15, 0.2) is 18.2 Å². The second kappa shape index (κ2) is 5.92. The number of nitrogens with zero attached hydrogens (tertiary/aromatic N) is 1. The summed E-state index contributed by atoms with van der Waals surface area (Å²) in [6.07, 6.45) is -0.570. The minimum Gasteiger partial charge on any atom is -0.465 e. The lowest BCUT2D eigenvalue weighted by Gasteiger charge is -2.23. The van der Waals surface area contributed by atoms with Crippen molar-refractivity contribution in [3.63, 3.8) is 0 Å². The van der Waals surface area contributed by atoms with E-state index in [0.717, 1.165) is 5.56 Å². The minimum atomic E-state index is -0.570. The third-order valence-corrected chi connectivity index (χ3v) is 3.28. The molecule has 21 heavy (non-hydrogen) atoms. The Morgan fingerprint density at radius 3 is 2.81 bits per heavy atom. The third kappa shape index (κ3) is 3.19. The maximum atomic E-state index is 11.9. The molecule has 0 spiro atoms. The summed E-state index contributed by atoms with van der Waals surface area (Å²) in [5.74, 6) is -1.25. The Morgan fingerprint density at radius 2 is 2.19 bits per heavy atom. The van der Waals surface area contributed by atoms with Gasteiger partial charge < -0.3 is 15.8 Å². The van der Waals surface area contributed by atoms with Crippen LogP contribution in [-0.2, 0) is 14.3 Å². The van der Waals surface area contributed by atoms with E-state index in [0.29, 0.717) is 11.1 Å². The second-order valence-corrected chi connectivity index (χ2v) is 4.92. The number of ether oxygens (including phenoxy) is 1. The first kappa shape index (κ1) is 15.0. The van der Waals surface area contributed by atoms with Crippen LogP contribution in [0, 0.1) is 6.92 Å². The number of benzene rings is 1. The Kier molecular flexibility index (Phi) is 4.23. The predicted molar refractivity (Wildman–Crippen MR) is 74.2 cm³/mol. The molecule has 1 aromatic carbocycles. The molecule has 7 heteroatoms. The number of nitrogens with one attached hydrogen (secondary N) is 1. The standard InChI is InChI=1S/C14H17N3O4/c1-8-3-4-9(10(5-8)14(20)21-2)13-16-12(19)7-17(13)6-11(15)18/h3-5,13H,6-7H2,1-2H3,(H2,15,18)(H,16,19). The average molecular weight is 291 g/mol. The van der Waals surface area contributed by atoms with Crippen LogP contribution in [0.25, 0.3) is 0 Å². The van der Waals surface area contributed by atoms with Crippen molar-refractivity contribution >= 4 is 17.8 Å². The normalized spacial score (nSPS) is 18.4. The fraction of sp³-hybridized carbons (Fsp3) is 0.357. The molecule has 1 atom stereocenters. The molecule has 0 saturated carbocycles. The maximum Gasteiger partial charge on any atom is 0.338 e. The molecule has 1 aliphatic rings. The van der Waals surface area contributed by atoms with Crippen molar-refractivity contribution in [2.24, 2.45) is 5.73 Å². The molecule has 1 aromatic rings. The van der Waals surface area contributed by atoms with Gasteiger partial charge in [0.25, 0.3) is 0 Å². The number of methoxy groups -OCH3 is 1. The van der Waals surface area contributed by atoms with Crippen LogP contribution >= 0.6 is 0 Å². The molecule has 0 aromatic heterocycles. The molecule has 0 aliphatic carbocycles. The molecule has 0 radical (unpaired) electrons. The zero-order valence-corrected chi connectivity index (χ0v) is 11.9. The number of amides is 2. The molecule has 1 unspecified atom stereocenters. The van der Waals surface area contributed by atoms with Gasteiger partial charge in [-0.2, -0.15) is 0 Å². The smallest absolute Gasteiger partial charge is 0.338 e. The van der Waals surface area contributed by atoms with Crippen LogP contribution in [0.1, 0.15) is 27.7 Å². The van der Waals surface area contributed by atoms with Crippen LogP contribution in [0.3, 0.4) is 0 Å². The molecule has 3 N–H and O–H groups in total. The van der Waals surface area contributed by atoms with Gasteiger partial charge in [-0.05, 0) is 13.0 Å². The van der Waals surface area contributed by atoms with Gasteiger partial charge in [0.1, 0.15) is 6.17 Å². The van der Waals surface area contributed by atoms with Gasteiger partial charge >= 0.3 is 5.97 Å². The number of nitrogens with two attached hydrogens (primary N) is 1. The molecular formula is C14H17N3O4. The average Bonchev–Trinajstić information content (AvgIpc) is 2.77. The number of carbonyl (C=O) groups is 3. The van der Waals surface area contributed by atoms with E-state index in [9.17, 15) is 14.4 Å². The van der Waals surface area contributed by atoms with Crippen molar-refractivity contribution < 1.29 is 19.1 Å². The number of aryl methyl sites for hydroxylation is 1. The van der Waals surface area contributed by atoms with Gasteiger partial charge in [0.2, 0.25) is 11.8 Å². The molecule has 1 heterocycles. The van der Waals surface area contributed by atoms with E-state index in [1.165, 1.54) is 7.11 Å². The van der Waals surface area contributed by atoms with Gasteiger partial charge in [0.15, 0.2) is 0 Å². The summed E-state index contributed by atoms with van der Waals surface area (Å²) in [5, 5.41) is 2.74. The summed E-state index contributed by atoms with van der Waals surface area (Å²) in [5.41, 5.74) is 7.03. The molecule has 112 valence electrons. The molecule has 1 saturated heterocycles. The first-order chi connectivity index (χ1) is 9.92. The zero-order chi connectivity index (χ0) is 15.6. The molecule has 1 aliphatic heterocycles. The number of esters is 1. The predicted octanol–water partition coefficient (Wildman–Crippen LogP) is -0.303. The minimum absolute atomic E-state index is 0.0576. The maximum absolute atomic E-state index is 11.9. The van der Waals surface area contributed by atoms with Crippen molar-refractivity contribution in [1.82, 2.24) is 10.2 Å². The molecule has 1 fully saturated rings. The SMILES string of the molecule is COC(=O)c1cc(C)ccc1C1NC(=O)CN1CC(N)=O. The Labute approximate surface area is 122 Å². The van der Waals surface area contributed by atoms with Crippen molar-refractivity contribution in [2.75, 3.05) is 20.2 Å². The third-order valence-electron chi connectivity index (χ3n) is 3.28. The van der Waals surface area contributed by atoms with Gasteiger partial charge in [-0.3, -0.25) is 14.5 Å². The molecule has 2 amide bonds. The number of carbonyl (C=O) groups excluding carboxylic acids is 3. The van der Waals surface area contributed by atoms with E-state index < -0.39 is 18.0 Å². The fourth-order valence-corrected chi connectivity index (χ4v) is 2.38. The van der Waals surface area contributed by atoms with Gasteiger partial charge in [-0.15, -0.1) is 0 Å². The first-order valence-electron chi connectivity index (χ1n) is 6.43. The largest absolute Gasteiger partial charge is 0.465 e.